The van der Waals surface area contributed by atoms with Crippen molar-refractivity contribution in [2.45, 2.75) is 0 Å². The molecule has 0 aliphatic rings. The number of para-hydroxylation sites is 4. The fourth-order valence-electron chi connectivity index (χ4n) is 11.9. The van der Waals surface area contributed by atoms with Crippen molar-refractivity contribution in [1.82, 2.24) is 24.1 Å². The van der Waals surface area contributed by atoms with E-state index < -0.39 is 0 Å². The second-order valence-electron chi connectivity index (χ2n) is 19.4. The van der Waals surface area contributed by atoms with Gasteiger partial charge in [0.2, 0.25) is 0 Å². The third kappa shape index (κ3) is 6.39. The van der Waals surface area contributed by atoms with Gasteiger partial charge in [-0.25, -0.2) is 15.0 Å². The summed E-state index contributed by atoms with van der Waals surface area (Å²) < 4.78 is 18.3. The third-order valence-corrected chi connectivity index (χ3v) is 15.2. The molecule has 5 aromatic heterocycles. The van der Waals surface area contributed by atoms with Crippen LogP contribution in [0.4, 0.5) is 0 Å². The first kappa shape index (κ1) is 42.2. The van der Waals surface area contributed by atoms with Gasteiger partial charge in [-0.3, -0.25) is 0 Å². The average molecular weight is 972 g/mol. The Hall–Kier alpha value is -10.4. The highest BCUT2D eigenvalue weighted by Gasteiger charge is 2.24. The molecule has 354 valence electrons. The molecule has 0 unspecified atom stereocenters. The number of nitrogens with zero attached hydrogens (tertiary/aromatic N) is 5. The van der Waals surface area contributed by atoms with Gasteiger partial charge in [0, 0.05) is 71.2 Å². The van der Waals surface area contributed by atoms with Crippen molar-refractivity contribution < 1.29 is 8.83 Å². The molecule has 0 fully saturated rings. The van der Waals surface area contributed by atoms with Gasteiger partial charge in [-0.15, -0.1) is 0 Å². The molecular weight excluding hydrogens is 931 g/mol. The third-order valence-electron chi connectivity index (χ3n) is 15.2. The Morgan fingerprint density at radius 2 is 0.605 bits per heavy atom. The number of fused-ring (bicyclic) bond motifs is 12. The summed E-state index contributed by atoms with van der Waals surface area (Å²) in [6, 6.07) is 87.2. The van der Waals surface area contributed by atoms with Crippen LogP contribution < -0.4 is 0 Å². The molecule has 0 atom stereocenters. The van der Waals surface area contributed by atoms with Crippen LogP contribution in [0.25, 0.3) is 155 Å². The molecule has 0 saturated heterocycles. The molecule has 0 aliphatic heterocycles. The van der Waals surface area contributed by atoms with Gasteiger partial charge in [-0.2, -0.15) is 0 Å². The van der Waals surface area contributed by atoms with E-state index in [1.807, 2.05) is 42.5 Å². The summed E-state index contributed by atoms with van der Waals surface area (Å²) in [5.74, 6) is 1.64. The van der Waals surface area contributed by atoms with E-state index in [1.165, 1.54) is 21.5 Å². The Bertz CT molecular complexity index is 4700. The molecule has 0 bridgehead atoms. The highest BCUT2D eigenvalue weighted by atomic mass is 16.3. The van der Waals surface area contributed by atoms with Gasteiger partial charge in [0.15, 0.2) is 17.5 Å². The van der Waals surface area contributed by atoms with Crippen molar-refractivity contribution >= 4 is 87.5 Å². The first-order valence-corrected chi connectivity index (χ1v) is 25.6. The van der Waals surface area contributed by atoms with Crippen LogP contribution in [0, 0.1) is 0 Å². The van der Waals surface area contributed by atoms with Gasteiger partial charge >= 0.3 is 0 Å². The maximum Gasteiger partial charge on any atom is 0.164 e. The molecule has 76 heavy (non-hydrogen) atoms. The van der Waals surface area contributed by atoms with Crippen molar-refractivity contribution in [2.75, 3.05) is 0 Å². The highest BCUT2D eigenvalue weighted by Crippen LogP contribution is 2.46. The molecule has 0 radical (unpaired) electrons. The second-order valence-corrected chi connectivity index (χ2v) is 19.4. The number of benzene rings is 11. The van der Waals surface area contributed by atoms with Crippen LogP contribution in [0.5, 0.6) is 0 Å². The van der Waals surface area contributed by atoms with Gasteiger partial charge in [-0.05, 0) is 95.1 Å². The average Bonchev–Trinajstić information content (AvgIpc) is 4.33. The Balaban J connectivity index is 0.912. The van der Waals surface area contributed by atoms with E-state index in [2.05, 4.69) is 215 Å². The minimum absolute atomic E-state index is 0.538. The molecule has 0 N–H and O–H groups in total. The van der Waals surface area contributed by atoms with E-state index >= 15 is 0 Å². The molecule has 0 spiro atoms. The van der Waals surface area contributed by atoms with Crippen LogP contribution in [-0.4, -0.2) is 24.1 Å². The zero-order chi connectivity index (χ0) is 49.8. The largest absolute Gasteiger partial charge is 0.456 e. The van der Waals surface area contributed by atoms with Crippen molar-refractivity contribution in [3.05, 3.63) is 249 Å². The van der Waals surface area contributed by atoms with Gasteiger partial charge < -0.3 is 18.0 Å². The maximum absolute atomic E-state index is 6.77. The monoisotopic (exact) mass is 971 g/mol. The predicted octanol–water partition coefficient (Wildman–Crippen LogP) is 18.2. The minimum Gasteiger partial charge on any atom is -0.456 e. The summed E-state index contributed by atoms with van der Waals surface area (Å²) in [6.07, 6.45) is 0. The van der Waals surface area contributed by atoms with Gasteiger partial charge in [0.1, 0.15) is 22.3 Å². The molecule has 0 amide bonds. The number of aromatic nitrogens is 5. The van der Waals surface area contributed by atoms with Crippen molar-refractivity contribution in [3.8, 4) is 67.8 Å². The topological polar surface area (TPSA) is 74.8 Å². The molecule has 16 rings (SSSR count). The van der Waals surface area contributed by atoms with Crippen molar-refractivity contribution in [1.29, 1.82) is 0 Å². The molecule has 7 nitrogen and oxygen atoms in total. The molecule has 11 aromatic carbocycles. The first-order chi connectivity index (χ1) is 37.7. The van der Waals surface area contributed by atoms with E-state index in [4.69, 9.17) is 23.8 Å². The van der Waals surface area contributed by atoms with Gasteiger partial charge in [-0.1, -0.05) is 176 Å². The summed E-state index contributed by atoms with van der Waals surface area (Å²) in [7, 11) is 0. The fourth-order valence-corrected chi connectivity index (χ4v) is 11.9. The summed E-state index contributed by atoms with van der Waals surface area (Å²) in [5, 5.41) is 8.67. The normalized spacial score (nSPS) is 11.9. The van der Waals surface area contributed by atoms with E-state index in [9.17, 15) is 0 Å². The Morgan fingerprint density at radius 3 is 1.05 bits per heavy atom. The quantitative estimate of drug-likeness (QED) is 0.159. The smallest absolute Gasteiger partial charge is 0.164 e. The standard InChI is InChI=1S/C69H41N5O2/c1-4-18-42(19-5-1)67-70-68(53-28-16-34-61-65(53)63-47(26-14-32-59(63)75-61)43-36-38-51-49-24-10-12-30-55(49)73(57(51)40-43)45-20-6-2-7-21-45)72-69(71-67)54-29-17-35-62-66(54)64-48(27-15-33-60(64)76-62)44-37-39-52-50-25-11-13-31-56(50)74(58(52)41-44)46-22-8-3-9-23-46/h1-41H. The molecule has 7 heteroatoms. The van der Waals surface area contributed by atoms with Gasteiger partial charge in [0.05, 0.1) is 22.1 Å². The molecule has 0 saturated carbocycles. The Labute approximate surface area is 434 Å². The van der Waals surface area contributed by atoms with E-state index in [0.29, 0.717) is 17.5 Å². The van der Waals surface area contributed by atoms with Crippen LogP contribution in [0.3, 0.4) is 0 Å². The number of furan rings is 2. The van der Waals surface area contributed by atoms with E-state index in [0.717, 1.165) is 116 Å². The lowest BCUT2D eigenvalue weighted by Gasteiger charge is -2.12. The number of hydrogen-bond acceptors (Lipinski definition) is 5. The Kier molecular flexibility index (Phi) is 9.20. The molecule has 0 aliphatic carbocycles. The summed E-state index contributed by atoms with van der Waals surface area (Å²) in [5.41, 5.74) is 16.7. The zero-order valence-corrected chi connectivity index (χ0v) is 40.7. The van der Waals surface area contributed by atoms with Gasteiger partial charge in [0.25, 0.3) is 0 Å². The summed E-state index contributed by atoms with van der Waals surface area (Å²) in [6.45, 7) is 0. The molecule has 5 heterocycles. The predicted molar refractivity (Wildman–Crippen MR) is 310 cm³/mol. The van der Waals surface area contributed by atoms with Crippen LogP contribution in [0.15, 0.2) is 258 Å². The van der Waals surface area contributed by atoms with Crippen LogP contribution >= 0.6 is 0 Å². The minimum atomic E-state index is 0.538. The van der Waals surface area contributed by atoms with Crippen molar-refractivity contribution in [3.63, 3.8) is 0 Å². The van der Waals surface area contributed by atoms with Crippen molar-refractivity contribution in [2.24, 2.45) is 0 Å². The first-order valence-electron chi connectivity index (χ1n) is 25.6. The van der Waals surface area contributed by atoms with Crippen LogP contribution in [0.1, 0.15) is 0 Å². The molecular formula is C69H41N5O2. The summed E-state index contributed by atoms with van der Waals surface area (Å²) >= 11 is 0. The second kappa shape index (κ2) is 16.6. The Morgan fingerprint density at radius 1 is 0.250 bits per heavy atom. The SMILES string of the molecule is c1ccc(-c2nc(-c3cccc4oc5cccc(-c6ccc7c8ccccc8n(-c8ccccc8)c7c6)c5c34)nc(-c3cccc4oc5cccc(-c6ccc7c8ccccc8n(-c8ccccc8)c7c6)c5c34)n2)cc1. The zero-order valence-electron chi connectivity index (χ0n) is 40.7. The van der Waals surface area contributed by atoms with E-state index in [1.54, 1.807) is 0 Å². The maximum atomic E-state index is 6.77. The number of hydrogen-bond donors (Lipinski definition) is 0. The molecule has 16 aromatic rings. The fraction of sp³-hybridized carbons (Fsp3) is 0. The van der Waals surface area contributed by atoms with Crippen LogP contribution in [0.2, 0.25) is 0 Å². The lowest BCUT2D eigenvalue weighted by molar-refractivity contribution is 0.668. The highest BCUT2D eigenvalue weighted by molar-refractivity contribution is 6.20. The van der Waals surface area contributed by atoms with E-state index in [-0.39, 0.29) is 0 Å². The summed E-state index contributed by atoms with van der Waals surface area (Å²) in [4.78, 5) is 16.1. The van der Waals surface area contributed by atoms with Crippen LogP contribution in [-0.2, 0) is 0 Å². The lowest BCUT2D eigenvalue weighted by atomic mass is 9.96. The lowest BCUT2D eigenvalue weighted by Crippen LogP contribution is -2.00. The number of rotatable bonds is 7.